The Balaban J connectivity index is 2.51. The molecule has 0 aromatic heterocycles. The summed E-state index contributed by atoms with van der Waals surface area (Å²) in [6.45, 7) is 2.10. The Labute approximate surface area is 105 Å². The van der Waals surface area contributed by atoms with Gasteiger partial charge in [-0.15, -0.1) is 0 Å². The predicted octanol–water partition coefficient (Wildman–Crippen LogP) is 2.69. The zero-order valence-corrected chi connectivity index (χ0v) is 10.3. The van der Waals surface area contributed by atoms with Gasteiger partial charge < -0.3 is 5.32 Å². The molecule has 3 nitrogen and oxygen atoms in total. The van der Waals surface area contributed by atoms with Crippen molar-refractivity contribution in [3.8, 4) is 0 Å². The second kappa shape index (κ2) is 6.86. The summed E-state index contributed by atoms with van der Waals surface area (Å²) in [7, 11) is 0. The molecule has 1 N–H and O–H groups in total. The van der Waals surface area contributed by atoms with Crippen LogP contribution in [0.4, 0.5) is 0 Å². The molecule has 4 heteroatoms. The number of carbonyl (C=O) groups excluding carboxylic acids is 2. The third kappa shape index (κ3) is 4.83. The molecule has 0 unspecified atom stereocenters. The van der Waals surface area contributed by atoms with Crippen molar-refractivity contribution < 1.29 is 9.59 Å². The lowest BCUT2D eigenvalue weighted by Gasteiger charge is -1.99. The lowest BCUT2D eigenvalue weighted by atomic mass is 10.1. The van der Waals surface area contributed by atoms with Crippen LogP contribution in [0.3, 0.4) is 0 Å². The number of halogens is 1. The Morgan fingerprint density at radius 2 is 2.24 bits per heavy atom. The summed E-state index contributed by atoms with van der Waals surface area (Å²) >= 11 is 5.89. The minimum atomic E-state index is -0.0308. The normalized spacial score (nSPS) is 10.5. The number of hydrogen-bond donors (Lipinski definition) is 1. The first kappa shape index (κ1) is 13.5. The zero-order valence-electron chi connectivity index (χ0n) is 9.57. The summed E-state index contributed by atoms with van der Waals surface area (Å²) in [6, 6.07) is 5.24. The Kier molecular flexibility index (Phi) is 5.43. The van der Waals surface area contributed by atoms with Gasteiger partial charge in [-0.05, 0) is 24.1 Å². The van der Waals surface area contributed by atoms with Crippen molar-refractivity contribution in [2.45, 2.75) is 13.3 Å². The van der Waals surface area contributed by atoms with Crippen LogP contribution in [0, 0.1) is 0 Å². The molecule has 0 aliphatic rings. The van der Waals surface area contributed by atoms with Gasteiger partial charge in [-0.1, -0.05) is 29.8 Å². The molecule has 0 saturated heterocycles. The molecule has 90 valence electrons. The molecule has 0 aliphatic carbocycles. The SMILES string of the molecule is CC(=O)NCCC=Cc1ccc(C=O)c(Cl)c1. The first-order valence-electron chi connectivity index (χ1n) is 5.29. The highest BCUT2D eigenvalue weighted by atomic mass is 35.5. The fourth-order valence-corrected chi connectivity index (χ4v) is 1.53. The average Bonchev–Trinajstić information content (AvgIpc) is 2.28. The molecule has 0 spiro atoms. The summed E-state index contributed by atoms with van der Waals surface area (Å²) in [5.74, 6) is -0.0308. The summed E-state index contributed by atoms with van der Waals surface area (Å²) < 4.78 is 0. The van der Waals surface area contributed by atoms with Crippen LogP contribution in [-0.4, -0.2) is 18.7 Å². The summed E-state index contributed by atoms with van der Waals surface area (Å²) in [5, 5.41) is 3.15. The Bertz CT molecular complexity index is 441. The smallest absolute Gasteiger partial charge is 0.216 e. The molecule has 0 fully saturated rings. The zero-order chi connectivity index (χ0) is 12.7. The second-order valence-electron chi connectivity index (χ2n) is 3.57. The molecule has 1 aromatic rings. The van der Waals surface area contributed by atoms with Crippen LogP contribution in [0.15, 0.2) is 24.3 Å². The molecule has 0 aliphatic heterocycles. The maximum atomic E-state index is 10.6. The van der Waals surface area contributed by atoms with Crippen LogP contribution in [0.2, 0.25) is 5.02 Å². The standard InChI is InChI=1S/C13H14ClNO2/c1-10(17)15-7-3-2-4-11-5-6-12(9-16)13(14)8-11/h2,4-6,8-9H,3,7H2,1H3,(H,15,17). The van der Waals surface area contributed by atoms with Gasteiger partial charge in [-0.2, -0.15) is 0 Å². The van der Waals surface area contributed by atoms with Gasteiger partial charge in [-0.25, -0.2) is 0 Å². The second-order valence-corrected chi connectivity index (χ2v) is 3.98. The third-order valence-electron chi connectivity index (χ3n) is 2.15. The first-order chi connectivity index (χ1) is 8.13. The van der Waals surface area contributed by atoms with E-state index in [9.17, 15) is 9.59 Å². The molecule has 0 radical (unpaired) electrons. The molecular formula is C13H14ClNO2. The number of amides is 1. The van der Waals surface area contributed by atoms with Crippen LogP contribution in [0.1, 0.15) is 29.3 Å². The number of nitrogens with one attached hydrogen (secondary N) is 1. The average molecular weight is 252 g/mol. The van der Waals surface area contributed by atoms with Crippen molar-refractivity contribution in [3.05, 3.63) is 40.4 Å². The minimum Gasteiger partial charge on any atom is -0.356 e. The molecule has 0 heterocycles. The van der Waals surface area contributed by atoms with Crippen LogP contribution in [0.25, 0.3) is 6.08 Å². The van der Waals surface area contributed by atoms with E-state index < -0.39 is 0 Å². The molecular weight excluding hydrogens is 238 g/mol. The highest BCUT2D eigenvalue weighted by molar-refractivity contribution is 6.33. The van der Waals surface area contributed by atoms with Crippen molar-refractivity contribution in [2.75, 3.05) is 6.54 Å². The van der Waals surface area contributed by atoms with Gasteiger partial charge in [0, 0.05) is 19.0 Å². The van der Waals surface area contributed by atoms with Crippen LogP contribution >= 0.6 is 11.6 Å². The lowest BCUT2D eigenvalue weighted by Crippen LogP contribution is -2.20. The monoisotopic (exact) mass is 251 g/mol. The molecule has 0 atom stereocenters. The van der Waals surface area contributed by atoms with Gasteiger partial charge in [0.2, 0.25) is 5.91 Å². The fourth-order valence-electron chi connectivity index (χ4n) is 1.29. The van der Waals surface area contributed by atoms with Gasteiger partial charge in [0.1, 0.15) is 0 Å². The van der Waals surface area contributed by atoms with Crippen LogP contribution in [0.5, 0.6) is 0 Å². The van der Waals surface area contributed by atoms with E-state index in [-0.39, 0.29) is 5.91 Å². The van der Waals surface area contributed by atoms with Crippen LogP contribution in [-0.2, 0) is 4.79 Å². The largest absolute Gasteiger partial charge is 0.356 e. The lowest BCUT2D eigenvalue weighted by molar-refractivity contribution is -0.118. The third-order valence-corrected chi connectivity index (χ3v) is 2.47. The number of hydrogen-bond acceptors (Lipinski definition) is 2. The number of benzene rings is 1. The minimum absolute atomic E-state index is 0.0308. The number of rotatable bonds is 5. The maximum Gasteiger partial charge on any atom is 0.216 e. The van der Waals surface area contributed by atoms with Crippen LogP contribution < -0.4 is 5.32 Å². The molecule has 1 amide bonds. The molecule has 1 rings (SSSR count). The summed E-state index contributed by atoms with van der Waals surface area (Å²) in [5.41, 5.74) is 1.42. The van der Waals surface area contributed by atoms with Gasteiger partial charge in [-0.3, -0.25) is 9.59 Å². The number of carbonyl (C=O) groups is 2. The van der Waals surface area contributed by atoms with Gasteiger partial charge >= 0.3 is 0 Å². The summed E-state index contributed by atoms with van der Waals surface area (Å²) in [4.78, 5) is 21.2. The highest BCUT2D eigenvalue weighted by Crippen LogP contribution is 2.17. The van der Waals surface area contributed by atoms with Crippen molar-refractivity contribution >= 4 is 29.9 Å². The first-order valence-corrected chi connectivity index (χ1v) is 5.67. The highest BCUT2D eigenvalue weighted by Gasteiger charge is 1.98. The van der Waals surface area contributed by atoms with E-state index in [0.29, 0.717) is 17.1 Å². The van der Waals surface area contributed by atoms with Gasteiger partial charge in [0.15, 0.2) is 6.29 Å². The fraction of sp³-hybridized carbons (Fsp3) is 0.231. The molecule has 1 aromatic carbocycles. The predicted molar refractivity (Wildman–Crippen MR) is 69.2 cm³/mol. The molecule has 0 saturated carbocycles. The summed E-state index contributed by atoms with van der Waals surface area (Å²) in [6.07, 6.45) is 5.34. The quantitative estimate of drug-likeness (QED) is 0.646. The van der Waals surface area contributed by atoms with Crippen molar-refractivity contribution in [3.63, 3.8) is 0 Å². The van der Waals surface area contributed by atoms with Crippen molar-refractivity contribution in [2.24, 2.45) is 0 Å². The van der Waals surface area contributed by atoms with E-state index in [1.807, 2.05) is 18.2 Å². The van der Waals surface area contributed by atoms with E-state index in [2.05, 4.69) is 5.32 Å². The van der Waals surface area contributed by atoms with Crippen molar-refractivity contribution in [1.82, 2.24) is 5.32 Å². The van der Waals surface area contributed by atoms with E-state index in [4.69, 9.17) is 11.6 Å². The Morgan fingerprint density at radius 1 is 1.47 bits per heavy atom. The van der Waals surface area contributed by atoms with Gasteiger partial charge in [0.25, 0.3) is 0 Å². The van der Waals surface area contributed by atoms with Crippen molar-refractivity contribution in [1.29, 1.82) is 0 Å². The van der Waals surface area contributed by atoms with E-state index in [1.165, 1.54) is 6.92 Å². The Morgan fingerprint density at radius 3 is 2.82 bits per heavy atom. The Hall–Kier alpha value is -1.61. The number of aldehydes is 1. The maximum absolute atomic E-state index is 10.6. The van der Waals surface area contributed by atoms with Gasteiger partial charge in [0.05, 0.1) is 5.02 Å². The van der Waals surface area contributed by atoms with E-state index in [0.717, 1.165) is 18.3 Å². The molecule has 0 bridgehead atoms. The van der Waals surface area contributed by atoms with E-state index >= 15 is 0 Å². The van der Waals surface area contributed by atoms with E-state index in [1.54, 1.807) is 12.1 Å². The molecule has 17 heavy (non-hydrogen) atoms. The topological polar surface area (TPSA) is 46.2 Å².